The minimum atomic E-state index is 0.0725. The maximum Gasteiger partial charge on any atom is 0.322 e. The number of nitrogen functional groups attached to an aromatic ring is 1. The van der Waals surface area contributed by atoms with Gasteiger partial charge in [0.25, 0.3) is 0 Å². The maximum atomic E-state index is 5.57. The molecule has 0 aliphatic carbocycles. The Morgan fingerprint density at radius 3 is 2.63 bits per heavy atom. The predicted octanol–water partition coefficient (Wildman–Crippen LogP) is 1.98. The quantitative estimate of drug-likeness (QED) is 0.887. The molecule has 0 bridgehead atoms. The van der Waals surface area contributed by atoms with Gasteiger partial charge in [0.2, 0.25) is 11.9 Å². The number of nitrogens with two attached hydrogens (primary N) is 1. The summed E-state index contributed by atoms with van der Waals surface area (Å²) in [5, 5.41) is 3.00. The highest BCUT2D eigenvalue weighted by Crippen LogP contribution is 2.29. The van der Waals surface area contributed by atoms with E-state index < -0.39 is 0 Å². The largest absolute Gasteiger partial charge is 0.495 e. The van der Waals surface area contributed by atoms with Gasteiger partial charge in [-0.1, -0.05) is 15.9 Å². The average molecular weight is 326 g/mol. The molecular weight excluding hydrogens is 314 g/mol. The number of aromatic nitrogens is 3. The van der Waals surface area contributed by atoms with Crippen molar-refractivity contribution in [2.24, 2.45) is 0 Å². The fourth-order valence-electron chi connectivity index (χ4n) is 1.42. The van der Waals surface area contributed by atoms with E-state index in [1.165, 1.54) is 7.11 Å². The average Bonchev–Trinajstić information content (AvgIpc) is 2.38. The maximum absolute atomic E-state index is 5.57. The third-order valence-electron chi connectivity index (χ3n) is 2.22. The van der Waals surface area contributed by atoms with E-state index in [0.717, 1.165) is 4.47 Å². The lowest BCUT2D eigenvalue weighted by molar-refractivity contribution is 0.380. The molecule has 1 aromatic carbocycles. The van der Waals surface area contributed by atoms with Crippen LogP contribution in [0.15, 0.2) is 22.7 Å². The summed E-state index contributed by atoms with van der Waals surface area (Å²) < 4.78 is 11.1. The van der Waals surface area contributed by atoms with E-state index in [4.69, 9.17) is 15.2 Å². The molecule has 100 valence electrons. The lowest BCUT2D eigenvalue weighted by Crippen LogP contribution is -2.05. The van der Waals surface area contributed by atoms with Gasteiger partial charge in [0.1, 0.15) is 5.75 Å². The zero-order chi connectivity index (χ0) is 13.8. The van der Waals surface area contributed by atoms with Crippen LogP contribution >= 0.6 is 15.9 Å². The number of ether oxygens (including phenoxy) is 2. The highest BCUT2D eigenvalue weighted by Gasteiger charge is 2.08. The highest BCUT2D eigenvalue weighted by atomic mass is 79.9. The Bertz CT molecular complexity index is 593. The second kappa shape index (κ2) is 5.70. The van der Waals surface area contributed by atoms with Gasteiger partial charge in [-0.3, -0.25) is 0 Å². The van der Waals surface area contributed by atoms with Gasteiger partial charge < -0.3 is 20.5 Å². The molecule has 7 nitrogen and oxygen atoms in total. The molecule has 8 heteroatoms. The fraction of sp³-hybridized carbons (Fsp3) is 0.182. The molecule has 0 aliphatic rings. The smallest absolute Gasteiger partial charge is 0.322 e. The number of rotatable bonds is 4. The number of hydrogen-bond donors (Lipinski definition) is 2. The first-order valence-corrected chi connectivity index (χ1v) is 6.08. The first-order valence-electron chi connectivity index (χ1n) is 5.28. The summed E-state index contributed by atoms with van der Waals surface area (Å²) >= 11 is 3.38. The van der Waals surface area contributed by atoms with Gasteiger partial charge in [-0.15, -0.1) is 0 Å². The standard InChI is InChI=1S/C11H12BrN5O2/c1-18-8-4-3-6(12)5-7(8)14-10-15-9(13)16-11(17-10)19-2/h3-5H,1-2H3,(H3,13,14,15,16,17). The van der Waals surface area contributed by atoms with Crippen LogP contribution in [0.4, 0.5) is 17.6 Å². The molecule has 0 aliphatic heterocycles. The normalized spacial score (nSPS) is 10.1. The van der Waals surface area contributed by atoms with Crippen LogP contribution in [0.25, 0.3) is 0 Å². The summed E-state index contributed by atoms with van der Waals surface area (Å²) in [6.45, 7) is 0. The van der Waals surface area contributed by atoms with Gasteiger partial charge in [-0.2, -0.15) is 15.0 Å². The summed E-state index contributed by atoms with van der Waals surface area (Å²) in [4.78, 5) is 11.8. The summed E-state index contributed by atoms with van der Waals surface area (Å²) in [7, 11) is 3.04. The second-order valence-electron chi connectivity index (χ2n) is 3.47. The van der Waals surface area contributed by atoms with Crippen LogP contribution < -0.4 is 20.5 Å². The van der Waals surface area contributed by atoms with E-state index in [2.05, 4.69) is 36.2 Å². The molecule has 0 saturated carbocycles. The van der Waals surface area contributed by atoms with Crippen LogP contribution in [0, 0.1) is 0 Å². The van der Waals surface area contributed by atoms with E-state index in [-0.39, 0.29) is 17.9 Å². The minimum Gasteiger partial charge on any atom is -0.495 e. The van der Waals surface area contributed by atoms with Crippen LogP contribution in [0.5, 0.6) is 11.8 Å². The van der Waals surface area contributed by atoms with Crippen LogP contribution in [0.2, 0.25) is 0 Å². The summed E-state index contributed by atoms with van der Waals surface area (Å²) in [6.07, 6.45) is 0. The first kappa shape index (κ1) is 13.3. The van der Waals surface area contributed by atoms with Crippen molar-refractivity contribution in [3.8, 4) is 11.8 Å². The Kier molecular flexibility index (Phi) is 4.00. The summed E-state index contributed by atoms with van der Waals surface area (Å²) in [5.74, 6) is 1.00. The number of halogens is 1. The highest BCUT2D eigenvalue weighted by molar-refractivity contribution is 9.10. The Balaban J connectivity index is 2.35. The van der Waals surface area contributed by atoms with E-state index >= 15 is 0 Å². The molecule has 0 radical (unpaired) electrons. The van der Waals surface area contributed by atoms with Gasteiger partial charge in [-0.25, -0.2) is 0 Å². The van der Waals surface area contributed by atoms with Gasteiger partial charge >= 0.3 is 6.01 Å². The van der Waals surface area contributed by atoms with Crippen molar-refractivity contribution < 1.29 is 9.47 Å². The van der Waals surface area contributed by atoms with Gasteiger partial charge in [0.05, 0.1) is 19.9 Å². The molecule has 1 heterocycles. The molecule has 0 atom stereocenters. The minimum absolute atomic E-state index is 0.0725. The zero-order valence-electron chi connectivity index (χ0n) is 10.3. The molecule has 1 aromatic heterocycles. The Labute approximate surface area is 118 Å². The van der Waals surface area contributed by atoms with Crippen molar-refractivity contribution in [1.29, 1.82) is 0 Å². The van der Waals surface area contributed by atoms with Crippen molar-refractivity contribution in [3.05, 3.63) is 22.7 Å². The Morgan fingerprint density at radius 1 is 1.16 bits per heavy atom. The lowest BCUT2D eigenvalue weighted by Gasteiger charge is -2.10. The topological polar surface area (TPSA) is 95.2 Å². The molecule has 0 spiro atoms. The third kappa shape index (κ3) is 3.22. The van der Waals surface area contributed by atoms with E-state index in [9.17, 15) is 0 Å². The molecular formula is C11H12BrN5O2. The SMILES string of the molecule is COc1nc(N)nc(Nc2cc(Br)ccc2OC)n1. The molecule has 0 fully saturated rings. The molecule has 2 aromatic rings. The van der Waals surface area contributed by atoms with Gasteiger partial charge in [0.15, 0.2) is 0 Å². The van der Waals surface area contributed by atoms with Crippen molar-refractivity contribution in [2.45, 2.75) is 0 Å². The Hall–Kier alpha value is -2.09. The van der Waals surface area contributed by atoms with Gasteiger partial charge in [-0.05, 0) is 18.2 Å². The molecule has 19 heavy (non-hydrogen) atoms. The number of hydrogen-bond acceptors (Lipinski definition) is 7. The number of methoxy groups -OCH3 is 2. The molecule has 0 unspecified atom stereocenters. The number of nitrogens with one attached hydrogen (secondary N) is 1. The third-order valence-corrected chi connectivity index (χ3v) is 2.72. The predicted molar refractivity (Wildman–Crippen MR) is 74.8 cm³/mol. The van der Waals surface area contributed by atoms with Crippen molar-refractivity contribution in [3.63, 3.8) is 0 Å². The van der Waals surface area contributed by atoms with Crippen LogP contribution in [0.1, 0.15) is 0 Å². The summed E-state index contributed by atoms with van der Waals surface area (Å²) in [5.41, 5.74) is 6.27. The van der Waals surface area contributed by atoms with E-state index in [1.807, 2.05) is 18.2 Å². The molecule has 3 N–H and O–H groups in total. The fourth-order valence-corrected chi connectivity index (χ4v) is 1.78. The van der Waals surface area contributed by atoms with Crippen LogP contribution in [0.3, 0.4) is 0 Å². The zero-order valence-corrected chi connectivity index (χ0v) is 11.9. The molecule has 0 amide bonds. The van der Waals surface area contributed by atoms with Crippen LogP contribution in [-0.2, 0) is 0 Å². The molecule has 0 saturated heterocycles. The Morgan fingerprint density at radius 2 is 1.95 bits per heavy atom. The van der Waals surface area contributed by atoms with Crippen molar-refractivity contribution in [1.82, 2.24) is 15.0 Å². The van der Waals surface area contributed by atoms with E-state index in [0.29, 0.717) is 11.4 Å². The molecule has 2 rings (SSSR count). The second-order valence-corrected chi connectivity index (χ2v) is 4.39. The monoisotopic (exact) mass is 325 g/mol. The van der Waals surface area contributed by atoms with E-state index in [1.54, 1.807) is 7.11 Å². The van der Waals surface area contributed by atoms with Crippen molar-refractivity contribution >= 4 is 33.5 Å². The first-order chi connectivity index (χ1) is 9.12. The van der Waals surface area contributed by atoms with Crippen LogP contribution in [-0.4, -0.2) is 29.2 Å². The lowest BCUT2D eigenvalue weighted by atomic mass is 10.3. The van der Waals surface area contributed by atoms with Gasteiger partial charge in [0, 0.05) is 4.47 Å². The van der Waals surface area contributed by atoms with Crippen molar-refractivity contribution in [2.75, 3.05) is 25.3 Å². The number of anilines is 3. The number of benzene rings is 1. The summed E-state index contributed by atoms with van der Waals surface area (Å²) in [6, 6.07) is 5.66. The number of nitrogens with zero attached hydrogens (tertiary/aromatic N) is 3.